The Hall–Kier alpha value is 0.270. The first kappa shape index (κ1) is 9.36. The molecule has 1 saturated heterocycles. The second-order valence-electron chi connectivity index (χ2n) is 3.00. The van der Waals surface area contributed by atoms with E-state index in [4.69, 9.17) is 12.6 Å². The molecular weight excluding hydrogens is 156 g/mol. The lowest BCUT2D eigenvalue weighted by molar-refractivity contribution is 0.238. The molecule has 0 amide bonds. The van der Waals surface area contributed by atoms with E-state index in [0.29, 0.717) is 0 Å². The number of nitrogens with zero attached hydrogens (tertiary/aromatic N) is 1. The van der Waals surface area contributed by atoms with E-state index >= 15 is 0 Å². The first-order valence-corrected chi connectivity index (χ1v) is 5.02. The Balaban J connectivity index is 1.96. The van der Waals surface area contributed by atoms with Gasteiger partial charge in [-0.2, -0.15) is 0 Å². The van der Waals surface area contributed by atoms with Gasteiger partial charge < -0.3 is 10.2 Å². The Morgan fingerprint density at radius 3 is 2.55 bits per heavy atom. The van der Waals surface area contributed by atoms with E-state index in [1.54, 1.807) is 0 Å². The third-order valence-corrected chi connectivity index (χ3v) is 2.37. The largest absolute Gasteiger partial charge is 0.314 e. The first-order valence-electron chi connectivity index (χ1n) is 4.44. The molecule has 2 nitrogen and oxygen atoms in total. The Morgan fingerprint density at radius 2 is 1.91 bits per heavy atom. The average molecular weight is 173 g/mol. The van der Waals surface area contributed by atoms with E-state index in [9.17, 15) is 0 Å². The molecule has 11 heavy (non-hydrogen) atoms. The van der Waals surface area contributed by atoms with Crippen molar-refractivity contribution in [1.29, 1.82) is 0 Å². The van der Waals surface area contributed by atoms with Crippen LogP contribution in [0.15, 0.2) is 0 Å². The molecule has 1 heterocycles. The number of nitrogens with one attached hydrogen (secondary N) is 1. The summed E-state index contributed by atoms with van der Waals surface area (Å²) in [5.41, 5.74) is 0. The summed E-state index contributed by atoms with van der Waals surface area (Å²) in [6.07, 6.45) is 2.49. The molecule has 65 valence electrons. The molecule has 3 heteroatoms. The van der Waals surface area contributed by atoms with Crippen molar-refractivity contribution in [3.63, 3.8) is 0 Å². The van der Waals surface area contributed by atoms with Gasteiger partial charge in [0.25, 0.3) is 0 Å². The molecule has 0 aromatic carbocycles. The quantitative estimate of drug-likeness (QED) is 0.635. The van der Waals surface area contributed by atoms with Gasteiger partial charge in [0.05, 0.1) is 0 Å². The molecule has 0 aromatic rings. The Kier molecular flexibility index (Phi) is 4.99. The summed E-state index contributed by atoms with van der Waals surface area (Å²) in [5.74, 6) is 0.923. The highest BCUT2D eigenvalue weighted by molar-refractivity contribution is 7.80. The smallest absolute Gasteiger partial charge is 0.0107 e. The van der Waals surface area contributed by atoms with Crippen LogP contribution in [0.1, 0.15) is 12.8 Å². The van der Waals surface area contributed by atoms with Crippen LogP contribution in [0.4, 0.5) is 0 Å². The van der Waals surface area contributed by atoms with Crippen molar-refractivity contribution in [2.24, 2.45) is 0 Å². The summed E-state index contributed by atoms with van der Waals surface area (Å²) < 4.78 is 0. The summed E-state index contributed by atoms with van der Waals surface area (Å²) >= 11 is 4.89. The van der Waals surface area contributed by atoms with Crippen molar-refractivity contribution in [2.75, 3.05) is 38.5 Å². The molecule has 0 aliphatic carbocycles. The molecular formula is C8H17N2S. The summed E-state index contributed by atoms with van der Waals surface area (Å²) in [6, 6.07) is 0. The fraction of sp³-hybridized carbons (Fsp3) is 1.00. The third-order valence-electron chi connectivity index (χ3n) is 2.08. The average Bonchev–Trinajstić information content (AvgIpc) is 2.07. The van der Waals surface area contributed by atoms with E-state index in [0.717, 1.165) is 18.8 Å². The van der Waals surface area contributed by atoms with Crippen LogP contribution >= 0.6 is 12.6 Å². The van der Waals surface area contributed by atoms with Crippen molar-refractivity contribution in [2.45, 2.75) is 12.8 Å². The van der Waals surface area contributed by atoms with Crippen molar-refractivity contribution in [3.8, 4) is 0 Å². The van der Waals surface area contributed by atoms with Gasteiger partial charge in [-0.1, -0.05) is 12.6 Å². The van der Waals surface area contributed by atoms with Gasteiger partial charge in [0.15, 0.2) is 0 Å². The van der Waals surface area contributed by atoms with Gasteiger partial charge in [0, 0.05) is 31.9 Å². The van der Waals surface area contributed by atoms with E-state index in [1.807, 2.05) is 0 Å². The number of rotatable bonds is 4. The highest BCUT2D eigenvalue weighted by Gasteiger charge is 2.07. The second kappa shape index (κ2) is 5.86. The van der Waals surface area contributed by atoms with Crippen LogP contribution in [0.2, 0.25) is 0 Å². The fourth-order valence-corrected chi connectivity index (χ4v) is 1.58. The monoisotopic (exact) mass is 173 g/mol. The third kappa shape index (κ3) is 3.99. The van der Waals surface area contributed by atoms with E-state index in [-0.39, 0.29) is 0 Å². The molecule has 0 aromatic heterocycles. The minimum absolute atomic E-state index is 0.923. The van der Waals surface area contributed by atoms with Gasteiger partial charge >= 0.3 is 0 Å². The maximum absolute atomic E-state index is 4.89. The van der Waals surface area contributed by atoms with E-state index in [1.165, 1.54) is 32.5 Å². The van der Waals surface area contributed by atoms with Gasteiger partial charge in [-0.15, -0.1) is 0 Å². The van der Waals surface area contributed by atoms with Crippen LogP contribution in [0.5, 0.6) is 0 Å². The lowest BCUT2D eigenvalue weighted by Crippen LogP contribution is -2.43. The zero-order chi connectivity index (χ0) is 7.94. The predicted octanol–water partition coefficient (Wildman–Crippen LogP) is 0.869. The van der Waals surface area contributed by atoms with Crippen LogP contribution in [0.25, 0.3) is 0 Å². The normalized spacial score (nSPS) is 20.5. The molecule has 1 fully saturated rings. The molecule has 0 atom stereocenters. The molecule has 1 N–H and O–H groups in total. The molecule has 0 saturated carbocycles. The van der Waals surface area contributed by atoms with Gasteiger partial charge in [-0.25, -0.2) is 0 Å². The van der Waals surface area contributed by atoms with Crippen molar-refractivity contribution >= 4 is 12.6 Å². The fourth-order valence-electron chi connectivity index (χ4n) is 1.37. The van der Waals surface area contributed by atoms with E-state index in [2.05, 4.69) is 10.2 Å². The lowest BCUT2D eigenvalue weighted by atomic mass is 10.3. The number of hydrogen-bond acceptors (Lipinski definition) is 2. The minimum atomic E-state index is 0.923. The topological polar surface area (TPSA) is 15.3 Å². The molecule has 0 spiro atoms. The molecule has 1 aliphatic heterocycles. The van der Waals surface area contributed by atoms with Crippen LogP contribution in [-0.4, -0.2) is 43.4 Å². The lowest BCUT2D eigenvalue weighted by Gasteiger charge is -2.26. The summed E-state index contributed by atoms with van der Waals surface area (Å²) in [5, 5.41) is 3.34. The Labute approximate surface area is 74.8 Å². The minimum Gasteiger partial charge on any atom is -0.314 e. The molecule has 0 bridgehead atoms. The summed E-state index contributed by atoms with van der Waals surface area (Å²) in [7, 11) is 0. The Bertz CT molecular complexity index is 92.1. The zero-order valence-electron chi connectivity index (χ0n) is 7.01. The highest BCUT2D eigenvalue weighted by atomic mass is 32.1. The summed E-state index contributed by atoms with van der Waals surface area (Å²) in [4.78, 5) is 2.52. The van der Waals surface area contributed by atoms with Gasteiger partial charge in [0.2, 0.25) is 0 Å². The van der Waals surface area contributed by atoms with Crippen LogP contribution in [0.3, 0.4) is 0 Å². The van der Waals surface area contributed by atoms with Gasteiger partial charge in [-0.05, 0) is 19.4 Å². The molecule has 1 aliphatic rings. The molecule has 0 unspecified atom stereocenters. The van der Waals surface area contributed by atoms with Crippen molar-refractivity contribution in [1.82, 2.24) is 10.2 Å². The number of piperazine rings is 1. The predicted molar refractivity (Wildman–Crippen MR) is 51.0 cm³/mol. The number of hydrogen-bond donors (Lipinski definition) is 1. The van der Waals surface area contributed by atoms with Crippen molar-refractivity contribution < 1.29 is 0 Å². The van der Waals surface area contributed by atoms with Crippen LogP contribution in [-0.2, 0) is 0 Å². The van der Waals surface area contributed by atoms with Crippen molar-refractivity contribution in [3.05, 3.63) is 0 Å². The second-order valence-corrected chi connectivity index (χ2v) is 3.41. The SMILES string of the molecule is [S]CCCCN1CCNCC1. The zero-order valence-corrected chi connectivity index (χ0v) is 7.83. The number of unbranched alkanes of at least 4 members (excludes halogenated alkanes) is 1. The first-order chi connectivity index (χ1) is 5.43. The maximum Gasteiger partial charge on any atom is 0.0107 e. The highest BCUT2D eigenvalue weighted by Crippen LogP contribution is 1.97. The molecule has 1 rings (SSSR count). The maximum atomic E-state index is 4.89. The molecule has 1 radical (unpaired) electrons. The van der Waals surface area contributed by atoms with E-state index < -0.39 is 0 Å². The van der Waals surface area contributed by atoms with Gasteiger partial charge in [0.1, 0.15) is 0 Å². The standard InChI is InChI=1S/C8H17N2S/c11-8-2-1-5-10-6-3-9-4-7-10/h9H,1-8H2. The van der Waals surface area contributed by atoms with Gasteiger partial charge in [-0.3, -0.25) is 0 Å². The summed E-state index contributed by atoms with van der Waals surface area (Å²) in [6.45, 7) is 6.01. The van der Waals surface area contributed by atoms with Crippen LogP contribution < -0.4 is 5.32 Å². The van der Waals surface area contributed by atoms with Crippen LogP contribution in [0, 0.1) is 0 Å². The Morgan fingerprint density at radius 1 is 1.18 bits per heavy atom.